The average Bonchev–Trinajstić information content (AvgIpc) is 3.22. The van der Waals surface area contributed by atoms with Gasteiger partial charge in [0.25, 0.3) is 0 Å². The predicted octanol–water partition coefficient (Wildman–Crippen LogP) is 6.76. The molecule has 6 rings (SSSR count). The molecule has 3 N–H and O–H groups in total. The number of primary amides is 1. The number of azide groups is 1. The van der Waals surface area contributed by atoms with E-state index in [9.17, 15) is 14.7 Å². The summed E-state index contributed by atoms with van der Waals surface area (Å²) < 4.78 is 35.3. The van der Waals surface area contributed by atoms with Crippen molar-refractivity contribution in [1.82, 2.24) is 0 Å². The number of nitrogens with zero attached hydrogens (tertiary/aromatic N) is 3. The summed E-state index contributed by atoms with van der Waals surface area (Å²) in [7, 11) is 0. The van der Waals surface area contributed by atoms with E-state index in [1.54, 1.807) is 0 Å². The van der Waals surface area contributed by atoms with Gasteiger partial charge in [0.15, 0.2) is 12.2 Å². The maximum Gasteiger partial charge on any atom is 0.303 e. The van der Waals surface area contributed by atoms with E-state index in [-0.39, 0.29) is 36.9 Å². The van der Waals surface area contributed by atoms with E-state index >= 15 is 0 Å². The van der Waals surface area contributed by atoms with Crippen LogP contribution in [0.2, 0.25) is 0 Å². The zero-order valence-electron chi connectivity index (χ0n) is 32.2. The molecule has 0 aromatic heterocycles. The van der Waals surface area contributed by atoms with Gasteiger partial charge in [-0.05, 0) is 41.3 Å². The van der Waals surface area contributed by atoms with Crippen LogP contribution in [0.3, 0.4) is 0 Å². The highest BCUT2D eigenvalue weighted by Gasteiger charge is 2.50. The number of thioether (sulfide) groups is 1. The van der Waals surface area contributed by atoms with Crippen molar-refractivity contribution < 1.29 is 43.1 Å². The molecular weight excluding hydrogens is 749 g/mol. The second-order valence-corrected chi connectivity index (χ2v) is 15.0. The molecule has 4 unspecified atom stereocenters. The smallest absolute Gasteiger partial charge is 0.303 e. The summed E-state index contributed by atoms with van der Waals surface area (Å²) in [4.78, 5) is 27.5. The van der Waals surface area contributed by atoms with Gasteiger partial charge in [-0.1, -0.05) is 133 Å². The summed E-state index contributed by atoms with van der Waals surface area (Å²) in [5.41, 5.74) is 16.7. The number of ether oxygens (including phenoxy) is 6. The highest BCUT2D eigenvalue weighted by molar-refractivity contribution is 7.99. The minimum absolute atomic E-state index is 0.0335. The van der Waals surface area contributed by atoms with Gasteiger partial charge >= 0.3 is 5.97 Å². The standard InChI is InChI=1S/C22H27N3O3.C21H23NO6S/c1-16-20(15-26-13-18-9-5-3-6-10-18)28-17(2)21(24-25-23)22(16)27-14-19-11-7-4-8-12-19;1-13(23)27-19-17(26-12-14-8-4-2-5-9-14)16(24)18(20(22)25)28-21(19)29-15-10-6-3-7-11-15/h3-12,16-17,20-22H,13-15H2,1-2H3;2-11,16-19,21,24H,12H2,1H3,(H2,22,25)/t16-,17+,20?,21?,22-;16-,17-,18?,19?,21-/m10/s1. The van der Waals surface area contributed by atoms with Crippen LogP contribution in [0, 0.1) is 5.92 Å². The summed E-state index contributed by atoms with van der Waals surface area (Å²) in [6, 6.07) is 38.4. The zero-order valence-corrected chi connectivity index (χ0v) is 33.0. The zero-order chi connectivity index (χ0) is 40.6. The molecule has 13 nitrogen and oxygen atoms in total. The van der Waals surface area contributed by atoms with Crippen LogP contribution in [-0.2, 0) is 57.8 Å². The number of amides is 1. The van der Waals surface area contributed by atoms with Crippen LogP contribution in [-0.4, -0.2) is 77.8 Å². The van der Waals surface area contributed by atoms with Crippen LogP contribution in [0.4, 0.5) is 0 Å². The quantitative estimate of drug-likeness (QED) is 0.0564. The van der Waals surface area contributed by atoms with Crippen LogP contribution >= 0.6 is 11.8 Å². The van der Waals surface area contributed by atoms with Crippen LogP contribution in [0.15, 0.2) is 131 Å². The lowest BCUT2D eigenvalue weighted by Gasteiger charge is -2.43. The number of aliphatic hydroxyl groups is 1. The Morgan fingerprint density at radius 2 is 1.28 bits per heavy atom. The number of carbonyl (C=O) groups is 2. The summed E-state index contributed by atoms with van der Waals surface area (Å²) in [6.45, 7) is 6.90. The number of aliphatic hydroxyl groups excluding tert-OH is 1. The van der Waals surface area contributed by atoms with Gasteiger partial charge < -0.3 is 39.3 Å². The van der Waals surface area contributed by atoms with E-state index in [1.807, 2.05) is 128 Å². The van der Waals surface area contributed by atoms with Gasteiger partial charge in [0.05, 0.1) is 50.8 Å². The molecule has 10 atom stereocenters. The van der Waals surface area contributed by atoms with Gasteiger partial charge in [-0.15, -0.1) is 0 Å². The lowest BCUT2D eigenvalue weighted by molar-refractivity contribution is -0.224. The lowest BCUT2D eigenvalue weighted by atomic mass is 9.87. The Labute approximate surface area is 337 Å². The van der Waals surface area contributed by atoms with Crippen molar-refractivity contribution >= 4 is 23.6 Å². The van der Waals surface area contributed by atoms with Crippen LogP contribution in [0.1, 0.15) is 37.5 Å². The number of esters is 1. The monoisotopic (exact) mass is 798 g/mol. The molecule has 0 saturated carbocycles. The highest BCUT2D eigenvalue weighted by atomic mass is 32.2. The summed E-state index contributed by atoms with van der Waals surface area (Å²) in [5, 5.41) is 14.7. The van der Waals surface area contributed by atoms with Crippen molar-refractivity contribution in [2.75, 3.05) is 6.61 Å². The van der Waals surface area contributed by atoms with E-state index in [4.69, 9.17) is 39.7 Å². The molecule has 0 bridgehead atoms. The van der Waals surface area contributed by atoms with Crippen LogP contribution in [0.25, 0.3) is 10.4 Å². The number of hydrogen-bond donors (Lipinski definition) is 2. The first-order valence-electron chi connectivity index (χ1n) is 18.8. The number of rotatable bonds is 15. The van der Waals surface area contributed by atoms with Gasteiger partial charge in [0.2, 0.25) is 5.91 Å². The number of benzene rings is 4. The summed E-state index contributed by atoms with van der Waals surface area (Å²) in [5.74, 6) is -1.33. The minimum atomic E-state index is -1.38. The molecule has 2 aliphatic rings. The van der Waals surface area contributed by atoms with Crippen molar-refractivity contribution in [1.29, 1.82) is 0 Å². The Morgan fingerprint density at radius 3 is 1.79 bits per heavy atom. The molecule has 1 amide bonds. The van der Waals surface area contributed by atoms with E-state index in [2.05, 4.69) is 16.9 Å². The van der Waals surface area contributed by atoms with Gasteiger partial charge in [0, 0.05) is 22.6 Å². The van der Waals surface area contributed by atoms with Gasteiger partial charge in [-0.3, -0.25) is 9.59 Å². The third-order valence-electron chi connectivity index (χ3n) is 9.56. The third-order valence-corrected chi connectivity index (χ3v) is 10.7. The fourth-order valence-electron chi connectivity index (χ4n) is 6.63. The molecule has 4 aromatic rings. The first kappa shape index (κ1) is 43.4. The third kappa shape index (κ3) is 12.9. The Morgan fingerprint density at radius 1 is 0.772 bits per heavy atom. The van der Waals surface area contributed by atoms with Crippen molar-refractivity contribution in [3.05, 3.63) is 148 Å². The average molecular weight is 799 g/mol. The maximum absolute atomic E-state index is 11.9. The van der Waals surface area contributed by atoms with Crippen molar-refractivity contribution in [3.63, 3.8) is 0 Å². The number of hydrogen-bond acceptors (Lipinski definition) is 11. The minimum Gasteiger partial charge on any atom is -0.456 e. The van der Waals surface area contributed by atoms with Crippen molar-refractivity contribution in [2.24, 2.45) is 16.8 Å². The topological polar surface area (TPSA) is 185 Å². The van der Waals surface area contributed by atoms with E-state index in [1.165, 1.54) is 18.7 Å². The van der Waals surface area contributed by atoms with Crippen molar-refractivity contribution in [3.8, 4) is 0 Å². The lowest BCUT2D eigenvalue weighted by Crippen LogP contribution is -2.61. The molecule has 14 heteroatoms. The number of carbonyl (C=O) groups excluding carboxylic acids is 2. The van der Waals surface area contributed by atoms with Crippen molar-refractivity contribution in [2.45, 2.75) is 99.7 Å². The molecule has 57 heavy (non-hydrogen) atoms. The fourth-order valence-corrected chi connectivity index (χ4v) is 7.73. The van der Waals surface area contributed by atoms with Gasteiger partial charge in [-0.2, -0.15) is 0 Å². The van der Waals surface area contributed by atoms with Gasteiger partial charge in [0.1, 0.15) is 17.6 Å². The van der Waals surface area contributed by atoms with E-state index in [0.29, 0.717) is 19.8 Å². The molecule has 2 aliphatic heterocycles. The molecule has 0 aliphatic carbocycles. The first-order chi connectivity index (χ1) is 27.6. The van der Waals surface area contributed by atoms with Crippen LogP contribution in [0.5, 0.6) is 0 Å². The Balaban J connectivity index is 0.000000218. The number of nitrogens with two attached hydrogens (primary N) is 1. The molecular formula is C43H50N4O9S. The van der Waals surface area contributed by atoms with E-state index in [0.717, 1.165) is 21.6 Å². The molecule has 2 saturated heterocycles. The molecule has 4 aromatic carbocycles. The molecule has 2 heterocycles. The van der Waals surface area contributed by atoms with E-state index < -0.39 is 41.7 Å². The Kier molecular flexibility index (Phi) is 16.9. The Hall–Kier alpha value is -4.76. The highest BCUT2D eigenvalue weighted by Crippen LogP contribution is 2.36. The SMILES string of the molecule is CC(=O)OC1[C@@H](OCc2ccccc2)[C@H](O)C(C(N)=O)O[C@H]1Sc1ccccc1.C[C@@H]1OC(COCc2ccccc2)[C@@H](C)[C@@H](OCc2ccccc2)C1N=[N+]=[N-]. The first-order valence-corrected chi connectivity index (χ1v) is 19.7. The molecule has 2 fully saturated rings. The fraction of sp³-hybridized carbons (Fsp3) is 0.395. The normalized spacial score (nSPS) is 26.9. The Bertz CT molecular complexity index is 1860. The maximum atomic E-state index is 11.9. The molecule has 0 radical (unpaired) electrons. The largest absolute Gasteiger partial charge is 0.456 e. The summed E-state index contributed by atoms with van der Waals surface area (Å²) in [6.07, 6.45) is -5.19. The second-order valence-electron chi connectivity index (χ2n) is 13.8. The van der Waals surface area contributed by atoms with Gasteiger partial charge in [-0.25, -0.2) is 0 Å². The molecule has 302 valence electrons. The molecule has 0 spiro atoms. The second kappa shape index (κ2) is 22.3. The summed E-state index contributed by atoms with van der Waals surface area (Å²) >= 11 is 1.26. The predicted molar refractivity (Wildman–Crippen MR) is 214 cm³/mol. The van der Waals surface area contributed by atoms with Crippen LogP contribution < -0.4 is 5.73 Å².